The Labute approximate surface area is 208 Å². The number of piperazine rings is 1. The lowest BCUT2D eigenvalue weighted by molar-refractivity contribution is -0.116. The van der Waals surface area contributed by atoms with E-state index >= 15 is 0 Å². The first kappa shape index (κ1) is 23.0. The van der Waals surface area contributed by atoms with E-state index in [0.29, 0.717) is 29.6 Å². The number of amides is 1. The zero-order chi connectivity index (χ0) is 23.5. The first-order valence-electron chi connectivity index (χ1n) is 11.3. The maximum absolute atomic E-state index is 12.9. The Morgan fingerprint density at radius 1 is 1.06 bits per heavy atom. The van der Waals surface area contributed by atoms with E-state index in [2.05, 4.69) is 21.9 Å². The summed E-state index contributed by atoms with van der Waals surface area (Å²) in [6.45, 7) is 4.87. The monoisotopic (exact) mass is 493 g/mol. The van der Waals surface area contributed by atoms with E-state index in [9.17, 15) is 4.79 Å². The fourth-order valence-corrected chi connectivity index (χ4v) is 5.25. The summed E-state index contributed by atoms with van der Waals surface area (Å²) in [5, 5.41) is 9.52. The van der Waals surface area contributed by atoms with Gasteiger partial charge in [-0.25, -0.2) is 4.68 Å². The lowest BCUT2D eigenvalue weighted by atomic mass is 10.2. The minimum Gasteiger partial charge on any atom is -0.304 e. The van der Waals surface area contributed by atoms with Gasteiger partial charge in [-0.15, -0.1) is 11.8 Å². The second-order valence-electron chi connectivity index (χ2n) is 8.46. The van der Waals surface area contributed by atoms with Crippen molar-refractivity contribution < 1.29 is 4.79 Å². The first-order chi connectivity index (χ1) is 16.6. The summed E-state index contributed by atoms with van der Waals surface area (Å²) >= 11 is 7.37. The molecule has 3 aromatic rings. The fourth-order valence-electron chi connectivity index (χ4n) is 4.06. The van der Waals surface area contributed by atoms with Crippen molar-refractivity contribution in [1.82, 2.24) is 24.3 Å². The number of carbonyl (C=O) groups excluding carboxylic acids is 1. The normalized spacial score (nSPS) is 17.4. The molecule has 176 valence electrons. The van der Waals surface area contributed by atoms with Crippen LogP contribution in [0.3, 0.4) is 0 Å². The third-order valence-electron chi connectivity index (χ3n) is 6.04. The van der Waals surface area contributed by atoms with Gasteiger partial charge in [0.15, 0.2) is 5.82 Å². The summed E-state index contributed by atoms with van der Waals surface area (Å²) < 4.78 is 4.04. The van der Waals surface area contributed by atoms with Gasteiger partial charge in [0.05, 0.1) is 30.9 Å². The van der Waals surface area contributed by atoms with Crippen molar-refractivity contribution in [2.75, 3.05) is 43.9 Å². The quantitative estimate of drug-likeness (QED) is 0.388. The van der Waals surface area contributed by atoms with Crippen LogP contribution in [0.15, 0.2) is 64.6 Å². The van der Waals surface area contributed by atoms with Crippen LogP contribution in [-0.2, 0) is 18.0 Å². The van der Waals surface area contributed by atoms with Crippen LogP contribution in [0.4, 0.5) is 5.69 Å². The molecule has 10 heteroatoms. The highest BCUT2D eigenvalue weighted by Crippen LogP contribution is 2.35. The van der Waals surface area contributed by atoms with Crippen molar-refractivity contribution >= 4 is 41.8 Å². The van der Waals surface area contributed by atoms with E-state index < -0.39 is 0 Å². The standard InChI is InChI=1S/C24H27N7OS2/c1-27-11-13-28(14-12-27)18-30-24(33)31(25-15-19-7-3-2-4-8-19)22(26-30)16-29-20-9-5-6-10-21(20)34-17-23(29)32/h2-10,15H,11-14,16-18H2,1H3/b25-15+. The number of fused-ring (bicyclic) bond motifs is 1. The van der Waals surface area contributed by atoms with Crippen molar-refractivity contribution in [2.24, 2.45) is 5.10 Å². The number of para-hydroxylation sites is 1. The zero-order valence-corrected chi connectivity index (χ0v) is 20.7. The van der Waals surface area contributed by atoms with Crippen molar-refractivity contribution in [2.45, 2.75) is 18.1 Å². The highest BCUT2D eigenvalue weighted by Gasteiger charge is 2.27. The van der Waals surface area contributed by atoms with Crippen molar-refractivity contribution in [1.29, 1.82) is 0 Å². The molecule has 8 nitrogen and oxygen atoms in total. The van der Waals surface area contributed by atoms with Gasteiger partial charge >= 0.3 is 0 Å². The number of benzene rings is 2. The highest BCUT2D eigenvalue weighted by atomic mass is 32.2. The molecule has 1 saturated heterocycles. The average molecular weight is 494 g/mol. The van der Waals surface area contributed by atoms with Crippen LogP contribution in [0.25, 0.3) is 0 Å². The number of hydrogen-bond donors (Lipinski definition) is 0. The Kier molecular flexibility index (Phi) is 6.91. The smallest absolute Gasteiger partial charge is 0.237 e. The summed E-state index contributed by atoms with van der Waals surface area (Å²) in [6.07, 6.45) is 1.78. The summed E-state index contributed by atoms with van der Waals surface area (Å²) in [5.41, 5.74) is 1.87. The molecule has 2 aromatic carbocycles. The van der Waals surface area contributed by atoms with Crippen molar-refractivity contribution in [3.63, 3.8) is 0 Å². The van der Waals surface area contributed by atoms with Crippen LogP contribution in [-0.4, -0.2) is 75.4 Å². The van der Waals surface area contributed by atoms with Crippen LogP contribution in [0.5, 0.6) is 0 Å². The molecule has 2 aliphatic rings. The van der Waals surface area contributed by atoms with Gasteiger partial charge in [0.1, 0.15) is 0 Å². The van der Waals surface area contributed by atoms with E-state index in [1.54, 1.807) is 27.6 Å². The summed E-state index contributed by atoms with van der Waals surface area (Å²) in [6, 6.07) is 17.9. The predicted molar refractivity (Wildman–Crippen MR) is 138 cm³/mol. The second kappa shape index (κ2) is 10.2. The molecular weight excluding hydrogens is 466 g/mol. The van der Waals surface area contributed by atoms with E-state index in [1.165, 1.54) is 0 Å². The molecule has 0 radical (unpaired) electrons. The summed E-state index contributed by atoms with van der Waals surface area (Å²) in [5.74, 6) is 1.11. The number of anilines is 1. The topological polar surface area (TPSA) is 61.9 Å². The Bertz CT molecular complexity index is 1250. The Hall–Kier alpha value is -2.79. The molecule has 0 atom stereocenters. The maximum Gasteiger partial charge on any atom is 0.237 e. The number of carbonyl (C=O) groups is 1. The molecule has 0 aliphatic carbocycles. The minimum atomic E-state index is 0.0572. The average Bonchev–Trinajstić information content (AvgIpc) is 3.15. The summed E-state index contributed by atoms with van der Waals surface area (Å²) in [4.78, 5) is 20.4. The molecule has 0 spiro atoms. The molecule has 2 aliphatic heterocycles. The summed E-state index contributed by atoms with van der Waals surface area (Å²) in [7, 11) is 2.14. The van der Waals surface area contributed by atoms with Crippen molar-refractivity contribution in [3.05, 3.63) is 70.8 Å². The van der Waals surface area contributed by atoms with Gasteiger partial charge in [-0.05, 0) is 37.0 Å². The van der Waals surface area contributed by atoms with Gasteiger partial charge in [-0.2, -0.15) is 14.9 Å². The number of hydrogen-bond acceptors (Lipinski definition) is 7. The SMILES string of the molecule is CN1CCN(Cn2nc(CN3C(=O)CSc4ccccc43)n(/N=C/c3ccccc3)c2=S)CC1. The van der Waals surface area contributed by atoms with Crippen LogP contribution in [0.1, 0.15) is 11.4 Å². The largest absolute Gasteiger partial charge is 0.304 e. The maximum atomic E-state index is 12.9. The molecule has 0 unspecified atom stereocenters. The van der Waals surface area contributed by atoms with Gasteiger partial charge < -0.3 is 9.80 Å². The number of nitrogens with zero attached hydrogens (tertiary/aromatic N) is 7. The molecule has 0 bridgehead atoms. The lowest BCUT2D eigenvalue weighted by Crippen LogP contribution is -2.45. The number of aromatic nitrogens is 3. The molecular formula is C24H27N7OS2. The van der Waals surface area contributed by atoms with Crippen molar-refractivity contribution in [3.8, 4) is 0 Å². The zero-order valence-electron chi connectivity index (χ0n) is 19.1. The molecule has 1 aromatic heterocycles. The van der Waals surface area contributed by atoms with Crippen LogP contribution in [0, 0.1) is 4.77 Å². The predicted octanol–water partition coefficient (Wildman–Crippen LogP) is 3.14. The van der Waals surface area contributed by atoms with Crippen LogP contribution in [0.2, 0.25) is 0 Å². The Morgan fingerprint density at radius 2 is 1.79 bits per heavy atom. The fraction of sp³-hybridized carbons (Fsp3) is 0.333. The Morgan fingerprint density at radius 3 is 2.59 bits per heavy atom. The molecule has 0 N–H and O–H groups in total. The van der Waals surface area contributed by atoms with E-state index in [4.69, 9.17) is 17.3 Å². The van der Waals surface area contributed by atoms with Crippen LogP contribution < -0.4 is 4.90 Å². The van der Waals surface area contributed by atoms with Crippen LogP contribution >= 0.6 is 24.0 Å². The Balaban J connectivity index is 1.48. The van der Waals surface area contributed by atoms with E-state index in [0.717, 1.165) is 42.3 Å². The van der Waals surface area contributed by atoms with Gasteiger partial charge in [-0.1, -0.05) is 42.5 Å². The number of likely N-dealkylation sites (N-methyl/N-ethyl adjacent to an activating group) is 1. The molecule has 0 saturated carbocycles. The lowest BCUT2D eigenvalue weighted by Gasteiger charge is -2.31. The molecule has 1 amide bonds. The third-order valence-corrected chi connectivity index (χ3v) is 7.47. The third kappa shape index (κ3) is 5.00. The van der Waals surface area contributed by atoms with Gasteiger partial charge in [0, 0.05) is 31.1 Å². The number of rotatable bonds is 6. The highest BCUT2D eigenvalue weighted by molar-refractivity contribution is 8.00. The molecule has 5 rings (SSSR count). The second-order valence-corrected chi connectivity index (χ2v) is 9.85. The number of thioether (sulfide) groups is 1. The minimum absolute atomic E-state index is 0.0572. The van der Waals surface area contributed by atoms with E-state index in [-0.39, 0.29) is 5.91 Å². The van der Waals surface area contributed by atoms with E-state index in [1.807, 2.05) is 59.3 Å². The molecule has 1 fully saturated rings. The molecule has 3 heterocycles. The van der Waals surface area contributed by atoms with Gasteiger partial charge in [0.2, 0.25) is 10.7 Å². The van der Waals surface area contributed by atoms with Gasteiger partial charge in [0.25, 0.3) is 0 Å². The first-order valence-corrected chi connectivity index (χ1v) is 12.7. The van der Waals surface area contributed by atoms with Gasteiger partial charge in [-0.3, -0.25) is 9.69 Å². The molecule has 34 heavy (non-hydrogen) atoms.